The minimum Gasteiger partial charge on any atom is -0.107 e. The summed E-state index contributed by atoms with van der Waals surface area (Å²) >= 11 is 2.35. The van der Waals surface area contributed by atoms with E-state index < -0.39 is 0 Å². The first kappa shape index (κ1) is 9.68. The number of hydrogen-bond acceptors (Lipinski definition) is 0. The molecule has 0 aromatic rings. The minimum absolute atomic E-state index is 0. The average molecular weight is 298 g/mol. The van der Waals surface area contributed by atoms with Gasteiger partial charge in [-0.25, -0.2) is 0 Å². The van der Waals surface area contributed by atoms with E-state index in [0.29, 0.717) is 0 Å². The van der Waals surface area contributed by atoms with Gasteiger partial charge in [0.15, 0.2) is 0 Å². The molecule has 0 fully saturated rings. The van der Waals surface area contributed by atoms with Gasteiger partial charge in [-0.3, -0.25) is 0 Å². The van der Waals surface area contributed by atoms with E-state index >= 15 is 0 Å². The highest BCUT2D eigenvalue weighted by Crippen LogP contribution is 1.81. The van der Waals surface area contributed by atoms with Gasteiger partial charge >= 0.3 is 0 Å². The molecule has 0 amide bonds. The molecule has 0 aromatic carbocycles. The average Bonchev–Trinajstić information content (AvgIpc) is 1.37. The number of rotatable bonds is 1. The van der Waals surface area contributed by atoms with Crippen LogP contribution < -0.4 is 0 Å². The summed E-state index contributed by atoms with van der Waals surface area (Å²) in [6.07, 6.45) is 1.31. The summed E-state index contributed by atoms with van der Waals surface area (Å²) in [7, 11) is 0. The van der Waals surface area contributed by atoms with E-state index in [4.69, 9.17) is 0 Å². The summed E-state index contributed by atoms with van der Waals surface area (Å²) in [5.41, 5.74) is 0. The lowest BCUT2D eigenvalue weighted by Crippen LogP contribution is -1.54. The van der Waals surface area contributed by atoms with E-state index in [0.717, 1.165) is 0 Å². The second-order valence-electron chi connectivity index (χ2n) is 0.689. The lowest BCUT2D eigenvalue weighted by atomic mass is 10.6. The second kappa shape index (κ2) is 9.07. The molecule has 0 saturated heterocycles. The maximum atomic E-state index is 2.35. The molecule has 0 bridgehead atoms. The van der Waals surface area contributed by atoms with E-state index in [1.807, 2.05) is 0 Å². The molecule has 0 aromatic heterocycles. The van der Waals surface area contributed by atoms with Crippen LogP contribution in [0.4, 0.5) is 0 Å². The first-order chi connectivity index (χ1) is 1.91. The van der Waals surface area contributed by atoms with Crippen molar-refractivity contribution in [3.05, 3.63) is 0 Å². The van der Waals surface area contributed by atoms with Gasteiger partial charge in [-0.1, -0.05) is 29.5 Å². The normalized spacial score (nSPS) is 6.00. The highest BCUT2D eigenvalue weighted by molar-refractivity contribution is 14.1. The van der Waals surface area contributed by atoms with Crippen molar-refractivity contribution in [2.45, 2.75) is 13.3 Å². The van der Waals surface area contributed by atoms with Crippen LogP contribution in [0.3, 0.4) is 0 Å². The van der Waals surface area contributed by atoms with Crippen molar-refractivity contribution in [1.29, 1.82) is 0 Å². The summed E-state index contributed by atoms with van der Waals surface area (Å²) in [4.78, 5) is 0. The molecule has 0 nitrogen and oxygen atoms in total. The fraction of sp³-hybridized carbons (Fsp3) is 1.00. The summed E-state index contributed by atoms with van der Waals surface area (Å²) in [5, 5.41) is 0. The zero-order valence-corrected chi connectivity index (χ0v) is 7.69. The van der Waals surface area contributed by atoms with Crippen molar-refractivity contribution in [3.63, 3.8) is 0 Å². The van der Waals surface area contributed by atoms with Gasteiger partial charge in [-0.2, -0.15) is 0 Å². The molecule has 0 aliphatic heterocycles. The van der Waals surface area contributed by atoms with Crippen LogP contribution in [-0.4, -0.2) is 4.43 Å². The first-order valence-electron chi connectivity index (χ1n) is 1.47. The predicted molar refractivity (Wildman–Crippen MR) is 44.6 cm³/mol. The molecule has 0 aliphatic rings. The van der Waals surface area contributed by atoms with E-state index in [-0.39, 0.29) is 24.0 Å². The number of hydrogen-bond donors (Lipinski definition) is 0. The topological polar surface area (TPSA) is 0 Å². The van der Waals surface area contributed by atoms with Crippen LogP contribution in [0.2, 0.25) is 0 Å². The Bertz CT molecular complexity index is 6.85. The predicted octanol–water partition coefficient (Wildman–Crippen LogP) is 2.45. The summed E-state index contributed by atoms with van der Waals surface area (Å²) in [6, 6.07) is 0. The maximum absolute atomic E-state index is 2.35. The molecule has 0 spiro atoms. The second-order valence-corrected chi connectivity index (χ2v) is 1.77. The highest BCUT2D eigenvalue weighted by atomic mass is 127. The van der Waals surface area contributed by atoms with Crippen molar-refractivity contribution in [2.75, 3.05) is 4.43 Å². The smallest absolute Gasteiger partial charge is 0.000735 e. The van der Waals surface area contributed by atoms with Crippen LogP contribution in [0.5, 0.6) is 0 Å². The van der Waals surface area contributed by atoms with Gasteiger partial charge in [0.2, 0.25) is 0 Å². The molecular weight excluding hydrogens is 290 g/mol. The molecule has 2 heteroatoms. The third-order valence-electron chi connectivity index (χ3n) is 0.189. The lowest BCUT2D eigenvalue weighted by molar-refractivity contribution is 1.13. The Morgan fingerprint density at radius 1 is 1.60 bits per heavy atom. The standard InChI is InChI=1S/C3H7I.HI/c1-2-3-4;/h2-3H2,1H3;1H. The van der Waals surface area contributed by atoms with Gasteiger partial charge in [0, 0.05) is 0 Å². The van der Waals surface area contributed by atoms with Crippen LogP contribution in [0.25, 0.3) is 0 Å². The van der Waals surface area contributed by atoms with Crippen molar-refractivity contribution in [3.8, 4) is 0 Å². The van der Waals surface area contributed by atoms with Crippen LogP contribution in [0.15, 0.2) is 0 Å². The van der Waals surface area contributed by atoms with Crippen LogP contribution >= 0.6 is 46.6 Å². The van der Waals surface area contributed by atoms with E-state index in [2.05, 4.69) is 29.5 Å². The van der Waals surface area contributed by atoms with Gasteiger partial charge in [-0.15, -0.1) is 24.0 Å². The molecule has 0 aliphatic carbocycles. The van der Waals surface area contributed by atoms with E-state index in [9.17, 15) is 0 Å². The van der Waals surface area contributed by atoms with E-state index in [1.54, 1.807) is 0 Å². The maximum Gasteiger partial charge on any atom is -0.000735 e. The van der Waals surface area contributed by atoms with Crippen LogP contribution in [0, 0.1) is 0 Å². The van der Waals surface area contributed by atoms with Crippen molar-refractivity contribution >= 4 is 46.6 Å². The van der Waals surface area contributed by atoms with Crippen molar-refractivity contribution in [1.82, 2.24) is 0 Å². The van der Waals surface area contributed by atoms with Crippen molar-refractivity contribution in [2.24, 2.45) is 0 Å². The Morgan fingerprint density at radius 3 is 1.80 bits per heavy atom. The number of halogens is 2. The van der Waals surface area contributed by atoms with Gasteiger partial charge < -0.3 is 0 Å². The Hall–Kier alpha value is 1.46. The zero-order valence-electron chi connectivity index (χ0n) is 3.20. The van der Waals surface area contributed by atoms with Crippen LogP contribution in [0.1, 0.15) is 13.3 Å². The molecular formula is C3H8I2. The van der Waals surface area contributed by atoms with Crippen molar-refractivity contribution < 1.29 is 0 Å². The Labute approximate surface area is 63.9 Å². The van der Waals surface area contributed by atoms with Gasteiger partial charge in [0.25, 0.3) is 0 Å². The molecule has 0 saturated carbocycles. The molecule has 0 heterocycles. The van der Waals surface area contributed by atoms with Gasteiger partial charge in [0.1, 0.15) is 0 Å². The highest BCUT2D eigenvalue weighted by Gasteiger charge is 1.58. The monoisotopic (exact) mass is 298 g/mol. The Kier molecular flexibility index (Phi) is 17.6. The Morgan fingerprint density at radius 2 is 1.80 bits per heavy atom. The van der Waals surface area contributed by atoms with E-state index in [1.165, 1.54) is 10.8 Å². The largest absolute Gasteiger partial charge is 0.107 e. The summed E-state index contributed by atoms with van der Waals surface area (Å²) in [6.45, 7) is 2.17. The molecule has 34 valence electrons. The molecule has 0 N–H and O–H groups in total. The Balaban J connectivity index is 0. The fourth-order valence-corrected chi connectivity index (χ4v) is 0. The molecule has 0 radical (unpaired) electrons. The third-order valence-corrected chi connectivity index (χ3v) is 1.27. The minimum atomic E-state index is 0. The summed E-state index contributed by atoms with van der Waals surface area (Å²) < 4.78 is 1.29. The van der Waals surface area contributed by atoms with Crippen LogP contribution in [-0.2, 0) is 0 Å². The first-order valence-corrected chi connectivity index (χ1v) is 3.00. The molecule has 5 heavy (non-hydrogen) atoms. The van der Waals surface area contributed by atoms with Gasteiger partial charge in [0.05, 0.1) is 0 Å². The molecule has 0 atom stereocenters. The zero-order chi connectivity index (χ0) is 3.41. The lowest BCUT2D eigenvalue weighted by Gasteiger charge is -1.66. The number of alkyl halides is 1. The molecule has 0 rings (SSSR count). The third kappa shape index (κ3) is 10.8. The molecule has 0 unspecified atom stereocenters. The van der Waals surface area contributed by atoms with Gasteiger partial charge in [-0.05, 0) is 10.8 Å². The fourth-order valence-electron chi connectivity index (χ4n) is 0. The summed E-state index contributed by atoms with van der Waals surface area (Å²) in [5.74, 6) is 0. The quantitative estimate of drug-likeness (QED) is 0.515. The SMILES string of the molecule is CCCI.I.